The third-order valence-electron chi connectivity index (χ3n) is 1.71. The highest BCUT2D eigenvalue weighted by atomic mass is 79.9. The largest absolute Gasteiger partial charge is 0.287 e. The third kappa shape index (κ3) is 1.45. The SMILES string of the molecule is O=[N+]([O-])c1csc2cc(Br)ccc12. The van der Waals surface area contributed by atoms with E-state index >= 15 is 0 Å². The molecule has 2 rings (SSSR count). The molecule has 0 aliphatic heterocycles. The molecule has 2 aromatic rings. The predicted octanol–water partition coefficient (Wildman–Crippen LogP) is 3.57. The Hall–Kier alpha value is -0.940. The van der Waals surface area contributed by atoms with Crippen molar-refractivity contribution in [2.75, 3.05) is 0 Å². The highest BCUT2D eigenvalue weighted by Gasteiger charge is 2.13. The van der Waals surface area contributed by atoms with Crippen LogP contribution >= 0.6 is 27.3 Å². The molecule has 13 heavy (non-hydrogen) atoms. The van der Waals surface area contributed by atoms with E-state index in [9.17, 15) is 10.1 Å². The van der Waals surface area contributed by atoms with Crippen LogP contribution in [0.3, 0.4) is 0 Å². The number of nitrogens with zero attached hydrogens (tertiary/aromatic N) is 1. The van der Waals surface area contributed by atoms with Gasteiger partial charge in [0.25, 0.3) is 5.69 Å². The summed E-state index contributed by atoms with van der Waals surface area (Å²) in [6.07, 6.45) is 0. The van der Waals surface area contributed by atoms with E-state index in [1.807, 2.05) is 12.1 Å². The van der Waals surface area contributed by atoms with E-state index in [2.05, 4.69) is 15.9 Å². The second-order valence-electron chi connectivity index (χ2n) is 2.52. The number of rotatable bonds is 1. The maximum atomic E-state index is 10.6. The molecule has 0 bridgehead atoms. The fourth-order valence-electron chi connectivity index (χ4n) is 1.13. The average molecular weight is 258 g/mol. The van der Waals surface area contributed by atoms with Crippen molar-refractivity contribution in [3.63, 3.8) is 0 Å². The number of halogens is 1. The molecule has 0 radical (unpaired) electrons. The first kappa shape index (κ1) is 8.65. The van der Waals surface area contributed by atoms with Crippen molar-refractivity contribution >= 4 is 43.0 Å². The first-order valence-corrected chi connectivity index (χ1v) is 5.17. The van der Waals surface area contributed by atoms with E-state index in [4.69, 9.17) is 0 Å². The van der Waals surface area contributed by atoms with Crippen molar-refractivity contribution in [3.8, 4) is 0 Å². The molecular formula is C8H4BrNO2S. The lowest BCUT2D eigenvalue weighted by Gasteiger charge is -1.90. The zero-order chi connectivity index (χ0) is 9.42. The summed E-state index contributed by atoms with van der Waals surface area (Å²) in [4.78, 5) is 10.2. The van der Waals surface area contributed by atoms with E-state index in [0.717, 1.165) is 9.17 Å². The van der Waals surface area contributed by atoms with Gasteiger partial charge in [-0.05, 0) is 18.2 Å². The van der Waals surface area contributed by atoms with E-state index in [1.165, 1.54) is 11.3 Å². The lowest BCUT2D eigenvalue weighted by atomic mass is 10.2. The monoisotopic (exact) mass is 257 g/mol. The van der Waals surface area contributed by atoms with Gasteiger partial charge in [-0.25, -0.2) is 0 Å². The van der Waals surface area contributed by atoms with Gasteiger partial charge >= 0.3 is 0 Å². The highest BCUT2D eigenvalue weighted by Crippen LogP contribution is 2.33. The average Bonchev–Trinajstić information content (AvgIpc) is 2.46. The van der Waals surface area contributed by atoms with Gasteiger partial charge in [0.1, 0.15) is 0 Å². The third-order valence-corrected chi connectivity index (χ3v) is 3.14. The molecular weight excluding hydrogens is 254 g/mol. The van der Waals surface area contributed by atoms with Crippen LogP contribution in [-0.2, 0) is 0 Å². The molecule has 66 valence electrons. The van der Waals surface area contributed by atoms with Gasteiger partial charge in [0.15, 0.2) is 0 Å². The molecule has 0 amide bonds. The topological polar surface area (TPSA) is 43.1 Å². The lowest BCUT2D eigenvalue weighted by Crippen LogP contribution is -1.84. The molecule has 1 heterocycles. The molecule has 5 heteroatoms. The van der Waals surface area contributed by atoms with Gasteiger partial charge in [-0.3, -0.25) is 10.1 Å². The minimum atomic E-state index is -0.354. The number of hydrogen-bond donors (Lipinski definition) is 0. The summed E-state index contributed by atoms with van der Waals surface area (Å²) in [6, 6.07) is 5.45. The molecule has 0 N–H and O–H groups in total. The molecule has 0 spiro atoms. The van der Waals surface area contributed by atoms with Crippen LogP contribution in [0.2, 0.25) is 0 Å². The number of thiophene rings is 1. The fraction of sp³-hybridized carbons (Fsp3) is 0. The van der Waals surface area contributed by atoms with Gasteiger partial charge in [0, 0.05) is 9.17 Å². The molecule has 3 nitrogen and oxygen atoms in total. The second kappa shape index (κ2) is 3.08. The van der Waals surface area contributed by atoms with Crippen molar-refractivity contribution in [1.82, 2.24) is 0 Å². The zero-order valence-corrected chi connectivity index (χ0v) is 8.76. The Morgan fingerprint density at radius 1 is 1.46 bits per heavy atom. The van der Waals surface area contributed by atoms with Gasteiger partial charge in [-0.2, -0.15) is 0 Å². The molecule has 0 unspecified atom stereocenters. The summed E-state index contributed by atoms with van der Waals surface area (Å²) in [5.41, 5.74) is 0.188. The summed E-state index contributed by atoms with van der Waals surface area (Å²) >= 11 is 4.70. The van der Waals surface area contributed by atoms with Gasteiger partial charge < -0.3 is 0 Å². The van der Waals surface area contributed by atoms with Gasteiger partial charge in [0.05, 0.1) is 15.7 Å². The van der Waals surface area contributed by atoms with Gasteiger partial charge in [-0.15, -0.1) is 11.3 Å². The molecule has 0 atom stereocenters. The normalized spacial score (nSPS) is 10.5. The molecule has 0 saturated heterocycles. The lowest BCUT2D eigenvalue weighted by molar-refractivity contribution is -0.382. The van der Waals surface area contributed by atoms with Crippen LogP contribution in [0.4, 0.5) is 5.69 Å². The van der Waals surface area contributed by atoms with Crippen molar-refractivity contribution in [2.45, 2.75) is 0 Å². The molecule has 0 fully saturated rings. The van der Waals surface area contributed by atoms with Gasteiger partial charge in [-0.1, -0.05) is 15.9 Å². The smallest absolute Gasteiger partial charge is 0.258 e. The maximum Gasteiger partial charge on any atom is 0.287 e. The van der Waals surface area contributed by atoms with E-state index < -0.39 is 0 Å². The first-order chi connectivity index (χ1) is 6.18. The van der Waals surface area contributed by atoms with E-state index in [-0.39, 0.29) is 10.6 Å². The van der Waals surface area contributed by atoms with Crippen LogP contribution in [0.15, 0.2) is 28.1 Å². The maximum absolute atomic E-state index is 10.6. The number of hydrogen-bond acceptors (Lipinski definition) is 3. The van der Waals surface area contributed by atoms with Crippen molar-refractivity contribution < 1.29 is 4.92 Å². The Bertz CT molecular complexity index is 480. The Morgan fingerprint density at radius 3 is 2.92 bits per heavy atom. The zero-order valence-electron chi connectivity index (χ0n) is 6.36. The van der Waals surface area contributed by atoms with Gasteiger partial charge in [0.2, 0.25) is 0 Å². The van der Waals surface area contributed by atoms with Crippen molar-refractivity contribution in [2.24, 2.45) is 0 Å². The molecule has 0 aliphatic rings. The number of fused-ring (bicyclic) bond motifs is 1. The summed E-state index contributed by atoms with van der Waals surface area (Å²) < 4.78 is 1.87. The minimum Gasteiger partial charge on any atom is -0.258 e. The second-order valence-corrected chi connectivity index (χ2v) is 4.35. The highest BCUT2D eigenvalue weighted by molar-refractivity contribution is 9.10. The first-order valence-electron chi connectivity index (χ1n) is 3.49. The van der Waals surface area contributed by atoms with E-state index in [1.54, 1.807) is 11.4 Å². The number of benzene rings is 1. The Balaban J connectivity index is 2.76. The fourth-order valence-corrected chi connectivity index (χ4v) is 2.59. The Labute approximate surface area is 86.3 Å². The van der Waals surface area contributed by atoms with Crippen molar-refractivity contribution in [1.29, 1.82) is 0 Å². The van der Waals surface area contributed by atoms with Crippen LogP contribution < -0.4 is 0 Å². The summed E-state index contributed by atoms with van der Waals surface area (Å²) in [5.74, 6) is 0. The Morgan fingerprint density at radius 2 is 2.23 bits per heavy atom. The molecule has 1 aromatic carbocycles. The summed E-state index contributed by atoms with van der Waals surface area (Å²) in [7, 11) is 0. The molecule has 1 aromatic heterocycles. The standard InChI is InChI=1S/C8H4BrNO2S/c9-5-1-2-6-7(10(11)12)4-13-8(6)3-5/h1-4H. The van der Waals surface area contributed by atoms with E-state index in [0.29, 0.717) is 5.39 Å². The summed E-state index contributed by atoms with van der Waals surface area (Å²) in [5, 5.41) is 12.8. The van der Waals surface area contributed by atoms with Crippen LogP contribution in [0.25, 0.3) is 10.1 Å². The van der Waals surface area contributed by atoms with Crippen LogP contribution in [-0.4, -0.2) is 4.92 Å². The predicted molar refractivity (Wildman–Crippen MR) is 56.2 cm³/mol. The van der Waals surface area contributed by atoms with Crippen LogP contribution in [0.5, 0.6) is 0 Å². The quantitative estimate of drug-likeness (QED) is 0.579. The van der Waals surface area contributed by atoms with Crippen LogP contribution in [0, 0.1) is 10.1 Å². The Kier molecular flexibility index (Phi) is 2.05. The molecule has 0 saturated carbocycles. The van der Waals surface area contributed by atoms with Crippen LogP contribution in [0.1, 0.15) is 0 Å². The summed E-state index contributed by atoms with van der Waals surface area (Å²) in [6.45, 7) is 0. The molecule has 0 aliphatic carbocycles. The minimum absolute atomic E-state index is 0.188. The van der Waals surface area contributed by atoms with Crippen molar-refractivity contribution in [3.05, 3.63) is 38.2 Å². The number of nitro groups is 1.